The number of aromatic nitrogens is 1. The van der Waals surface area contributed by atoms with Gasteiger partial charge in [-0.1, -0.05) is 115 Å². The fraction of sp³-hybridized carbons (Fsp3) is 0. The van der Waals surface area contributed by atoms with Crippen molar-refractivity contribution in [3.63, 3.8) is 0 Å². The van der Waals surface area contributed by atoms with Gasteiger partial charge in [-0.2, -0.15) is 0 Å². The first-order valence-electron chi connectivity index (χ1n) is 15.1. The Balaban J connectivity index is 1.42. The first kappa shape index (κ1) is 24.7. The number of fused-ring (bicyclic) bond motifs is 8. The lowest BCUT2D eigenvalue weighted by Crippen LogP contribution is -2.11. The van der Waals surface area contributed by atoms with E-state index >= 15 is 0 Å². The van der Waals surface area contributed by atoms with E-state index in [9.17, 15) is 0 Å². The Bertz CT molecular complexity index is 2320. The zero-order valence-corrected chi connectivity index (χ0v) is 24.1. The zero-order chi connectivity index (χ0) is 29.0. The van der Waals surface area contributed by atoms with Crippen molar-refractivity contribution < 1.29 is 0 Å². The maximum absolute atomic E-state index is 2.45. The number of rotatable bonds is 3. The molecule has 206 valence electrons. The van der Waals surface area contributed by atoms with Crippen LogP contribution in [0.15, 0.2) is 170 Å². The maximum atomic E-state index is 2.45. The van der Waals surface area contributed by atoms with Crippen molar-refractivity contribution in [1.29, 1.82) is 0 Å². The van der Waals surface area contributed by atoms with E-state index in [1.807, 2.05) is 0 Å². The molecule has 2 heteroatoms. The monoisotopic (exact) mass is 560 g/mol. The Hall–Kier alpha value is -5.86. The van der Waals surface area contributed by atoms with Gasteiger partial charge in [-0.3, -0.25) is 0 Å². The summed E-state index contributed by atoms with van der Waals surface area (Å²) in [6.45, 7) is 0. The lowest BCUT2D eigenvalue weighted by Gasteiger charge is -2.28. The average Bonchev–Trinajstić information content (AvgIpc) is 3.36. The zero-order valence-electron chi connectivity index (χ0n) is 24.1. The van der Waals surface area contributed by atoms with E-state index in [0.29, 0.717) is 0 Å². The lowest BCUT2D eigenvalue weighted by molar-refractivity contribution is 1.18. The molecule has 0 unspecified atom stereocenters. The van der Waals surface area contributed by atoms with E-state index in [1.54, 1.807) is 0 Å². The third-order valence-corrected chi connectivity index (χ3v) is 8.91. The fourth-order valence-corrected chi connectivity index (χ4v) is 6.95. The van der Waals surface area contributed by atoms with Gasteiger partial charge in [0, 0.05) is 33.3 Å². The Morgan fingerprint density at radius 3 is 1.64 bits per heavy atom. The molecule has 0 radical (unpaired) electrons. The predicted molar refractivity (Wildman–Crippen MR) is 185 cm³/mol. The molecule has 0 spiro atoms. The van der Waals surface area contributed by atoms with E-state index in [4.69, 9.17) is 0 Å². The Labute approximate surface area is 256 Å². The highest BCUT2D eigenvalue weighted by Gasteiger charge is 2.28. The van der Waals surface area contributed by atoms with Crippen molar-refractivity contribution in [2.45, 2.75) is 0 Å². The first-order valence-corrected chi connectivity index (χ1v) is 15.1. The summed E-state index contributed by atoms with van der Waals surface area (Å²) in [5.74, 6) is 0. The molecule has 2 heterocycles. The van der Waals surface area contributed by atoms with Gasteiger partial charge in [-0.15, -0.1) is 0 Å². The van der Waals surface area contributed by atoms with Crippen LogP contribution in [0.4, 0.5) is 17.1 Å². The van der Waals surface area contributed by atoms with Crippen LogP contribution in [0.1, 0.15) is 0 Å². The van der Waals surface area contributed by atoms with Crippen molar-refractivity contribution in [3.05, 3.63) is 170 Å². The number of nitrogens with zero attached hydrogens (tertiary/aromatic N) is 2. The van der Waals surface area contributed by atoms with Crippen molar-refractivity contribution >= 4 is 38.9 Å². The van der Waals surface area contributed by atoms with Crippen molar-refractivity contribution in [1.82, 2.24) is 4.57 Å². The van der Waals surface area contributed by atoms with Crippen molar-refractivity contribution in [3.8, 4) is 39.1 Å². The highest BCUT2D eigenvalue weighted by molar-refractivity contribution is 6.15. The minimum atomic E-state index is 1.14. The van der Waals surface area contributed by atoms with Gasteiger partial charge < -0.3 is 9.47 Å². The van der Waals surface area contributed by atoms with Crippen LogP contribution in [0.2, 0.25) is 0 Å². The molecule has 2 nitrogen and oxygen atoms in total. The van der Waals surface area contributed by atoms with Gasteiger partial charge in [0.1, 0.15) is 0 Å². The summed E-state index contributed by atoms with van der Waals surface area (Å²) in [7, 11) is 0. The van der Waals surface area contributed by atoms with Crippen molar-refractivity contribution in [2.75, 3.05) is 4.90 Å². The fourth-order valence-electron chi connectivity index (χ4n) is 6.95. The number of anilines is 3. The van der Waals surface area contributed by atoms with Gasteiger partial charge in [-0.25, -0.2) is 0 Å². The van der Waals surface area contributed by atoms with E-state index in [-0.39, 0.29) is 0 Å². The quantitative estimate of drug-likeness (QED) is 0.209. The topological polar surface area (TPSA) is 8.17 Å². The van der Waals surface area contributed by atoms with Crippen LogP contribution in [0.3, 0.4) is 0 Å². The summed E-state index contributed by atoms with van der Waals surface area (Å²) < 4.78 is 2.41. The number of hydrogen-bond acceptors (Lipinski definition) is 1. The van der Waals surface area contributed by atoms with E-state index < -0.39 is 0 Å². The number of hydrogen-bond donors (Lipinski definition) is 0. The van der Waals surface area contributed by atoms with Gasteiger partial charge in [0.25, 0.3) is 0 Å². The maximum Gasteiger partial charge on any atom is 0.0562 e. The highest BCUT2D eigenvalue weighted by atomic mass is 15.2. The third-order valence-electron chi connectivity index (χ3n) is 8.91. The molecule has 0 atom stereocenters. The van der Waals surface area contributed by atoms with E-state index in [2.05, 4.69) is 179 Å². The molecule has 0 saturated carbocycles. The van der Waals surface area contributed by atoms with E-state index in [0.717, 1.165) is 11.4 Å². The smallest absolute Gasteiger partial charge is 0.0562 e. The van der Waals surface area contributed by atoms with E-state index in [1.165, 1.54) is 66.6 Å². The summed E-state index contributed by atoms with van der Waals surface area (Å²) in [6.07, 6.45) is 0. The predicted octanol–water partition coefficient (Wildman–Crippen LogP) is 11.6. The van der Waals surface area contributed by atoms with Gasteiger partial charge in [0.15, 0.2) is 0 Å². The molecule has 0 saturated heterocycles. The molecule has 1 aromatic heterocycles. The van der Waals surface area contributed by atoms with Crippen LogP contribution in [-0.4, -0.2) is 4.57 Å². The molecular weight excluding hydrogens is 532 g/mol. The summed E-state index contributed by atoms with van der Waals surface area (Å²) in [4.78, 5) is 2.45. The molecular formula is C42H28N2. The molecule has 1 aliphatic rings. The van der Waals surface area contributed by atoms with Crippen LogP contribution in [-0.2, 0) is 0 Å². The van der Waals surface area contributed by atoms with Crippen LogP contribution >= 0.6 is 0 Å². The van der Waals surface area contributed by atoms with Crippen molar-refractivity contribution in [2.24, 2.45) is 0 Å². The Kier molecular flexibility index (Phi) is 5.54. The minimum absolute atomic E-state index is 1.14. The average molecular weight is 561 g/mol. The lowest BCUT2D eigenvalue weighted by atomic mass is 9.92. The van der Waals surface area contributed by atoms with Crippen LogP contribution < -0.4 is 4.90 Å². The highest BCUT2D eigenvalue weighted by Crippen LogP contribution is 2.53. The number of benzene rings is 7. The standard InChI is InChI=1S/C42H28N2/c1-4-14-29(15-5-1)30-24-25-40-36(26-30)33-20-10-11-21-34(33)37-27-38-35-22-12-13-23-39(35)43(31-16-6-2-7-17-31)42(38)28-41(37)44(40)32-18-8-3-9-19-32/h1-28H. The molecule has 8 aromatic rings. The van der Waals surface area contributed by atoms with Gasteiger partial charge in [0.2, 0.25) is 0 Å². The summed E-state index contributed by atoms with van der Waals surface area (Å²) in [5.41, 5.74) is 14.4. The first-order chi connectivity index (χ1) is 21.8. The minimum Gasteiger partial charge on any atom is -0.309 e. The summed E-state index contributed by atoms with van der Waals surface area (Å²) in [6, 6.07) is 61.6. The molecule has 7 aromatic carbocycles. The molecule has 1 aliphatic heterocycles. The second-order valence-corrected chi connectivity index (χ2v) is 11.4. The summed E-state index contributed by atoms with van der Waals surface area (Å²) in [5, 5.41) is 2.51. The van der Waals surface area contributed by atoms with Gasteiger partial charge in [0.05, 0.1) is 22.4 Å². The SMILES string of the molecule is c1ccc(-c2ccc3c(c2)-c2ccccc2-c2cc4c5ccccc5n(-c5ccccc5)c4cc2N3c2ccccc2)cc1. The molecule has 0 N–H and O–H groups in total. The van der Waals surface area contributed by atoms with Crippen LogP contribution in [0, 0.1) is 0 Å². The molecule has 0 fully saturated rings. The molecule has 9 rings (SSSR count). The Morgan fingerprint density at radius 2 is 0.909 bits per heavy atom. The molecule has 0 aliphatic carbocycles. The Morgan fingerprint density at radius 1 is 0.318 bits per heavy atom. The third kappa shape index (κ3) is 3.75. The second kappa shape index (κ2) is 9.86. The van der Waals surface area contributed by atoms with Crippen LogP contribution in [0.25, 0.3) is 60.9 Å². The molecule has 0 bridgehead atoms. The van der Waals surface area contributed by atoms with Gasteiger partial charge >= 0.3 is 0 Å². The second-order valence-electron chi connectivity index (χ2n) is 11.4. The van der Waals surface area contributed by atoms with Crippen LogP contribution in [0.5, 0.6) is 0 Å². The molecule has 0 amide bonds. The van der Waals surface area contributed by atoms with Gasteiger partial charge in [-0.05, 0) is 76.9 Å². The molecule has 44 heavy (non-hydrogen) atoms. The normalized spacial score (nSPS) is 12.0. The number of para-hydroxylation sites is 3. The summed E-state index contributed by atoms with van der Waals surface area (Å²) >= 11 is 0. The largest absolute Gasteiger partial charge is 0.309 e.